The summed E-state index contributed by atoms with van der Waals surface area (Å²) in [5.41, 5.74) is -3.74. The zero-order valence-electron chi connectivity index (χ0n) is 35.8. The number of carbonyl (C=O) groups excluding carboxylic acids is 1. The second-order valence-corrected chi connectivity index (χ2v) is 17.5. The molecule has 52 heavy (non-hydrogen) atoms. The third kappa shape index (κ3) is 9.32. The molecule has 3 N–H and O–H groups in total. The van der Waals surface area contributed by atoms with Crippen molar-refractivity contribution in [1.82, 2.24) is 9.80 Å². The molecule has 0 aliphatic carbocycles. The molecule has 4 rings (SSSR count). The standard InChI is InChI=1S/C38H70N2O11S/c1-15-27-38(10,44)31-24(6)40(31)19-20(2)17-36(8,43)33(50-35-30(51-52-14)26(39(11)12)16-21(3)46-35)22(4)29(23(5)34(42)48-27)49-28-18-37(9,45-13)32(41)25(7)47-28/h20-33,35,41,43-44H,15-19H2,1-14H3/t20-,21-,22+,23-,24?,25+,26+,27-,28+,29+,30-,31?,32+,33-,35+,36+,37-,38-,40?/m1/s1/i14T,41T. The molecule has 4 aliphatic rings. The summed E-state index contributed by atoms with van der Waals surface area (Å²) in [6.45, 7) is 19.4. The Morgan fingerprint density at radius 3 is 2.35 bits per heavy atom. The maximum Gasteiger partial charge on any atom is 0.311 e. The van der Waals surface area contributed by atoms with Crippen LogP contribution in [0.3, 0.4) is 0 Å². The second-order valence-electron chi connectivity index (χ2n) is 17.1. The minimum absolute atomic E-state index is 0.0165. The topological polar surface area (TPSA) is 149 Å². The number of rotatable bonds is 10. The Labute approximate surface area is 319 Å². The number of cyclic esters (lactones) is 1. The molecule has 0 spiro atoms. The van der Waals surface area contributed by atoms with Crippen LogP contribution >= 0.6 is 12.0 Å². The van der Waals surface area contributed by atoms with E-state index in [4.69, 9.17) is 40.5 Å². The highest BCUT2D eigenvalue weighted by molar-refractivity contribution is 7.93. The van der Waals surface area contributed by atoms with E-state index >= 15 is 0 Å². The molecule has 3 unspecified atom stereocenters. The van der Waals surface area contributed by atoms with Gasteiger partial charge >= 0.3 is 5.97 Å². The molecule has 0 amide bonds. The van der Waals surface area contributed by atoms with E-state index in [0.717, 1.165) is 12.0 Å². The highest BCUT2D eigenvalue weighted by Crippen LogP contribution is 2.44. The van der Waals surface area contributed by atoms with Gasteiger partial charge in [-0.2, -0.15) is 0 Å². The first-order valence-corrected chi connectivity index (χ1v) is 20.0. The van der Waals surface area contributed by atoms with E-state index in [9.17, 15) is 15.0 Å². The summed E-state index contributed by atoms with van der Waals surface area (Å²) in [6.07, 6.45) is -4.98. The Morgan fingerprint density at radius 1 is 1.06 bits per heavy atom. The molecule has 304 valence electrons. The maximum atomic E-state index is 14.3. The van der Waals surface area contributed by atoms with Crippen LogP contribution in [0.2, 0.25) is 0 Å². The summed E-state index contributed by atoms with van der Waals surface area (Å²) in [4.78, 5) is 18.6. The highest BCUT2D eigenvalue weighted by atomic mass is 32.2. The average molecular weight is 767 g/mol. The van der Waals surface area contributed by atoms with Crippen molar-refractivity contribution in [3.8, 4) is 0 Å². The summed E-state index contributed by atoms with van der Waals surface area (Å²) >= 11 is 1.02. The van der Waals surface area contributed by atoms with Crippen LogP contribution in [0.1, 0.15) is 96.3 Å². The van der Waals surface area contributed by atoms with E-state index in [1.807, 2.05) is 41.8 Å². The van der Waals surface area contributed by atoms with Gasteiger partial charge in [-0.25, -0.2) is 0 Å². The number of hydrogen-bond donors (Lipinski definition) is 3. The molecule has 0 bridgehead atoms. The van der Waals surface area contributed by atoms with Crippen LogP contribution in [-0.4, -0.2) is 157 Å². The summed E-state index contributed by atoms with van der Waals surface area (Å²) < 4.78 is 60.3. The first kappa shape index (κ1) is 41.0. The fraction of sp³-hybridized carbons (Fsp3) is 0.974. The average Bonchev–Trinajstić information content (AvgIpc) is 3.74. The normalized spacial score (nSPS) is 51.5. The van der Waals surface area contributed by atoms with E-state index in [1.54, 1.807) is 34.8 Å². The third-order valence-corrected chi connectivity index (χ3v) is 12.7. The molecule has 0 saturated carbocycles. The Bertz CT molecular complexity index is 1220. The van der Waals surface area contributed by atoms with Gasteiger partial charge in [0, 0.05) is 45.7 Å². The number of ether oxygens (including phenoxy) is 6. The predicted molar refractivity (Wildman–Crippen MR) is 198 cm³/mol. The molecule has 0 aromatic carbocycles. The van der Waals surface area contributed by atoms with Gasteiger partial charge in [-0.05, 0) is 99.8 Å². The number of likely N-dealkylation sites (N-methyl/N-ethyl adjacent to an activating group) is 1. The van der Waals surface area contributed by atoms with E-state index in [0.29, 0.717) is 25.8 Å². The Hall–Kier alpha value is -0.620. The van der Waals surface area contributed by atoms with Gasteiger partial charge in [0.25, 0.3) is 0 Å². The zero-order valence-corrected chi connectivity index (χ0v) is 34.6. The number of nitrogens with zero attached hydrogens (tertiary/aromatic N) is 2. The molecule has 13 nitrogen and oxygen atoms in total. The number of aliphatic hydroxyl groups excluding tert-OH is 1. The molecule has 4 saturated heterocycles. The number of aliphatic hydroxyl groups is 3. The lowest BCUT2D eigenvalue weighted by Crippen LogP contribution is -2.61. The van der Waals surface area contributed by atoms with Gasteiger partial charge in [-0.15, -0.1) is 0 Å². The lowest BCUT2D eigenvalue weighted by atomic mass is 9.77. The van der Waals surface area contributed by atoms with Gasteiger partial charge < -0.3 is 52.8 Å². The third-order valence-electron chi connectivity index (χ3n) is 12.3. The van der Waals surface area contributed by atoms with Gasteiger partial charge in [0.1, 0.15) is 23.9 Å². The van der Waals surface area contributed by atoms with Crippen molar-refractivity contribution in [3.05, 3.63) is 0 Å². The first-order valence-electron chi connectivity index (χ1n) is 20.2. The van der Waals surface area contributed by atoms with Crippen molar-refractivity contribution in [2.75, 3.05) is 34.0 Å². The van der Waals surface area contributed by atoms with E-state index in [-0.39, 0.29) is 42.8 Å². The molecule has 0 aromatic heterocycles. The van der Waals surface area contributed by atoms with Crippen molar-refractivity contribution < 1.29 is 54.1 Å². The van der Waals surface area contributed by atoms with Gasteiger partial charge in [0.05, 0.1) is 47.6 Å². The minimum atomic E-state index is -1.48. The number of esters is 1. The van der Waals surface area contributed by atoms with Crippen LogP contribution in [0.4, 0.5) is 0 Å². The molecule has 0 aromatic rings. The largest absolute Gasteiger partial charge is 0.459 e. The van der Waals surface area contributed by atoms with Crippen molar-refractivity contribution in [1.29, 1.82) is 1.43 Å². The summed E-state index contributed by atoms with van der Waals surface area (Å²) in [5, 5.41) is 29.6. The van der Waals surface area contributed by atoms with Crippen LogP contribution in [-0.2, 0) is 37.4 Å². The van der Waals surface area contributed by atoms with Crippen LogP contribution < -0.4 is 0 Å². The Balaban J connectivity index is 1.81. The Kier molecular flexibility index (Phi) is 13.6. The number of fused-ring (bicyclic) bond motifs is 1. The molecule has 4 aliphatic heterocycles. The van der Waals surface area contributed by atoms with Gasteiger partial charge in [-0.3, -0.25) is 9.69 Å². The van der Waals surface area contributed by atoms with Crippen molar-refractivity contribution in [2.45, 2.75) is 185 Å². The smallest absolute Gasteiger partial charge is 0.311 e. The van der Waals surface area contributed by atoms with Crippen molar-refractivity contribution in [3.63, 3.8) is 0 Å². The molecule has 19 atom stereocenters. The Morgan fingerprint density at radius 2 is 1.75 bits per heavy atom. The predicted octanol–water partition coefficient (Wildman–Crippen LogP) is 3.59. The molecular weight excluding hydrogens is 692 g/mol. The van der Waals surface area contributed by atoms with Gasteiger partial charge in [-0.1, -0.05) is 20.8 Å². The van der Waals surface area contributed by atoms with Crippen LogP contribution in [0, 0.1) is 17.8 Å². The monoisotopic (exact) mass is 766 g/mol. The highest BCUT2D eigenvalue weighted by Gasteiger charge is 2.59. The van der Waals surface area contributed by atoms with E-state index < -0.39 is 83.8 Å². The minimum Gasteiger partial charge on any atom is -0.459 e. The number of hydrogen-bond acceptors (Lipinski definition) is 14. The molecule has 4 heterocycles. The SMILES string of the molecule is [3H]CSO[C@H]1[C@H](O[C@@H]2[C@@H](C)[C@H](O[C@H]3C[C@@](C)(OC)[C@@H](O[3H])[C@H](C)O3)[C@@H](C)C(=O)O[C@H](CC)[C@@](C)(O)C3C(C)N3C[C@H](C)C[C@]2(C)O)O[C@H](C)C[C@@H]1N(C)C. The zero-order chi connectivity index (χ0) is 40.5. The van der Waals surface area contributed by atoms with E-state index in [1.165, 1.54) is 0 Å². The molecule has 4 fully saturated rings. The lowest BCUT2D eigenvalue weighted by Gasteiger charge is -2.49. The van der Waals surface area contributed by atoms with Crippen LogP contribution in [0.25, 0.3) is 0 Å². The fourth-order valence-electron chi connectivity index (χ4n) is 9.37. The maximum absolute atomic E-state index is 14.3. The fourth-order valence-corrected chi connectivity index (χ4v) is 9.75. The van der Waals surface area contributed by atoms with Crippen LogP contribution in [0.15, 0.2) is 0 Å². The van der Waals surface area contributed by atoms with Gasteiger partial charge in [0.2, 0.25) is 1.43 Å². The van der Waals surface area contributed by atoms with Crippen molar-refractivity contribution >= 4 is 18.0 Å². The molecule has 0 radical (unpaired) electrons. The first-order chi connectivity index (χ1) is 25.2. The molecular formula is C38H70N2O11S. The van der Waals surface area contributed by atoms with Gasteiger partial charge in [0.15, 0.2) is 12.6 Å². The second kappa shape index (κ2) is 17.3. The number of carbonyl (C=O) groups is 1. The summed E-state index contributed by atoms with van der Waals surface area (Å²) in [7, 11) is 5.49. The quantitative estimate of drug-likeness (QED) is 0.169. The summed E-state index contributed by atoms with van der Waals surface area (Å²) in [5.74, 6) is -2.17. The van der Waals surface area contributed by atoms with Crippen molar-refractivity contribution in [2.24, 2.45) is 17.8 Å². The molecule has 14 heteroatoms. The van der Waals surface area contributed by atoms with E-state index in [2.05, 4.69) is 23.6 Å². The summed E-state index contributed by atoms with van der Waals surface area (Å²) in [6, 6.07) is -0.288. The van der Waals surface area contributed by atoms with Crippen LogP contribution in [0.5, 0.6) is 0 Å². The number of methoxy groups -OCH3 is 1. The lowest BCUT2D eigenvalue weighted by molar-refractivity contribution is -0.315.